The van der Waals surface area contributed by atoms with E-state index in [1.165, 1.54) is 5.56 Å². The Labute approximate surface area is 214 Å². The third-order valence-electron chi connectivity index (χ3n) is 8.69. The van der Waals surface area contributed by atoms with Crippen LogP contribution in [-0.2, 0) is 16.1 Å². The van der Waals surface area contributed by atoms with Crippen LogP contribution in [-0.4, -0.2) is 65.8 Å². The average Bonchev–Trinajstić information content (AvgIpc) is 3.47. The van der Waals surface area contributed by atoms with E-state index in [1.54, 1.807) is 0 Å². The van der Waals surface area contributed by atoms with E-state index < -0.39 is 0 Å². The molecule has 2 aromatic carbocycles. The summed E-state index contributed by atoms with van der Waals surface area (Å²) in [6.45, 7) is 7.87. The van der Waals surface area contributed by atoms with Gasteiger partial charge in [-0.2, -0.15) is 5.26 Å². The third kappa shape index (κ3) is 4.90. The van der Waals surface area contributed by atoms with Crippen molar-refractivity contribution in [1.82, 2.24) is 14.7 Å². The number of carbonyl (C=O) groups excluding carboxylic acids is 2. The lowest BCUT2D eigenvalue weighted by Crippen LogP contribution is -2.46. The van der Waals surface area contributed by atoms with Gasteiger partial charge in [0.15, 0.2) is 0 Å². The molecule has 0 bridgehead atoms. The van der Waals surface area contributed by atoms with Crippen LogP contribution in [0.2, 0.25) is 0 Å². The zero-order valence-corrected chi connectivity index (χ0v) is 21.2. The van der Waals surface area contributed by atoms with Crippen LogP contribution in [0.1, 0.15) is 55.2 Å². The van der Waals surface area contributed by atoms with Crippen LogP contribution in [0.25, 0.3) is 0 Å². The Morgan fingerprint density at radius 2 is 1.69 bits per heavy atom. The number of hydrogen-bond donors (Lipinski definition) is 0. The Morgan fingerprint density at radius 3 is 2.36 bits per heavy atom. The first kappa shape index (κ1) is 24.5. The van der Waals surface area contributed by atoms with Gasteiger partial charge in [0.2, 0.25) is 11.8 Å². The Morgan fingerprint density at radius 1 is 1.00 bits per heavy atom. The van der Waals surface area contributed by atoms with E-state index in [0.717, 1.165) is 64.1 Å². The van der Waals surface area contributed by atoms with Crippen molar-refractivity contribution in [3.63, 3.8) is 0 Å². The molecule has 3 aliphatic heterocycles. The van der Waals surface area contributed by atoms with E-state index in [0.29, 0.717) is 36.3 Å². The number of nitriles is 1. The van der Waals surface area contributed by atoms with Crippen LogP contribution in [0.3, 0.4) is 0 Å². The van der Waals surface area contributed by atoms with Gasteiger partial charge >= 0.3 is 0 Å². The van der Waals surface area contributed by atoms with Gasteiger partial charge in [-0.15, -0.1) is 0 Å². The van der Waals surface area contributed by atoms with Crippen molar-refractivity contribution < 1.29 is 9.59 Å². The summed E-state index contributed by atoms with van der Waals surface area (Å²) in [5.74, 6) is 1.34. The zero-order valence-electron chi connectivity index (χ0n) is 21.2. The molecule has 0 aliphatic carbocycles. The molecular weight excluding hydrogens is 448 g/mol. The van der Waals surface area contributed by atoms with Crippen molar-refractivity contribution in [2.45, 2.75) is 45.1 Å². The predicted molar refractivity (Wildman–Crippen MR) is 139 cm³/mol. The van der Waals surface area contributed by atoms with Gasteiger partial charge in [-0.05, 0) is 61.5 Å². The molecule has 2 atom stereocenters. The molecule has 6 heteroatoms. The summed E-state index contributed by atoms with van der Waals surface area (Å²) >= 11 is 0. The summed E-state index contributed by atoms with van der Waals surface area (Å²) in [6, 6.07) is 20.3. The summed E-state index contributed by atoms with van der Waals surface area (Å²) in [6.07, 6.45) is 3.32. The Bertz CT molecular complexity index is 1120. The topological polar surface area (TPSA) is 67.7 Å². The second-order valence-corrected chi connectivity index (χ2v) is 10.8. The summed E-state index contributed by atoms with van der Waals surface area (Å²) in [7, 11) is 0. The van der Waals surface area contributed by atoms with Crippen LogP contribution < -0.4 is 0 Å². The number of carbonyl (C=O) groups is 2. The molecule has 3 heterocycles. The molecule has 3 fully saturated rings. The van der Waals surface area contributed by atoms with Crippen LogP contribution in [0.4, 0.5) is 0 Å². The number of hydrogen-bond acceptors (Lipinski definition) is 4. The highest BCUT2D eigenvalue weighted by Gasteiger charge is 2.48. The van der Waals surface area contributed by atoms with Gasteiger partial charge in [0.05, 0.1) is 17.0 Å². The molecule has 36 heavy (non-hydrogen) atoms. The second kappa shape index (κ2) is 10.4. The average molecular weight is 485 g/mol. The molecule has 3 aliphatic rings. The largest absolute Gasteiger partial charge is 0.342 e. The van der Waals surface area contributed by atoms with Crippen LogP contribution in [0.5, 0.6) is 0 Å². The molecule has 5 rings (SSSR count). The van der Waals surface area contributed by atoms with E-state index in [2.05, 4.69) is 46.2 Å². The molecule has 1 spiro atoms. The monoisotopic (exact) mass is 484 g/mol. The number of rotatable bonds is 6. The van der Waals surface area contributed by atoms with Crippen molar-refractivity contribution in [2.24, 2.45) is 11.3 Å². The molecule has 0 unspecified atom stereocenters. The molecule has 3 saturated heterocycles. The zero-order chi connectivity index (χ0) is 25.1. The lowest BCUT2D eigenvalue weighted by atomic mass is 9.76. The molecule has 0 N–H and O–H groups in total. The number of benzene rings is 2. The van der Waals surface area contributed by atoms with Crippen molar-refractivity contribution in [3.05, 3.63) is 71.3 Å². The first-order valence-corrected chi connectivity index (χ1v) is 13.3. The van der Waals surface area contributed by atoms with Gasteiger partial charge in [-0.3, -0.25) is 9.59 Å². The quantitative estimate of drug-likeness (QED) is 0.621. The van der Waals surface area contributed by atoms with Gasteiger partial charge < -0.3 is 14.7 Å². The van der Waals surface area contributed by atoms with Crippen LogP contribution >= 0.6 is 0 Å². The summed E-state index contributed by atoms with van der Waals surface area (Å²) in [4.78, 5) is 32.5. The highest BCUT2D eigenvalue weighted by Crippen LogP contribution is 2.43. The summed E-state index contributed by atoms with van der Waals surface area (Å²) in [5.41, 5.74) is 2.83. The van der Waals surface area contributed by atoms with Crippen molar-refractivity contribution in [2.75, 3.05) is 39.3 Å². The molecule has 0 saturated carbocycles. The molecule has 0 aromatic heterocycles. The first-order chi connectivity index (χ1) is 17.5. The number of likely N-dealkylation sites (tertiary alicyclic amines) is 3. The normalized spacial score (nSPS) is 23.8. The maximum atomic E-state index is 13.5. The van der Waals surface area contributed by atoms with E-state index in [1.807, 2.05) is 36.1 Å². The van der Waals surface area contributed by atoms with E-state index >= 15 is 0 Å². The van der Waals surface area contributed by atoms with Crippen LogP contribution in [0, 0.1) is 22.7 Å². The highest BCUT2D eigenvalue weighted by molar-refractivity contribution is 5.85. The standard InChI is InChI=1S/C30H36N4O2/c1-2-28(35)34-21-26(27(22-34)25-6-4-3-5-7-25)20-32-15-12-30(13-16-32)14-17-33(29(30)36)19-24-10-8-23(18-31)9-11-24/h3-11,26-27H,2,12-17,19-22H2,1H3/t26-,27+/m0/s1. The highest BCUT2D eigenvalue weighted by atomic mass is 16.2. The SMILES string of the molecule is CCC(=O)N1C[C@H](CN2CCC3(CC2)CCN(Cc2ccc(C#N)cc2)C3=O)[C@@H](c2ccccc2)C1. The minimum Gasteiger partial charge on any atom is -0.342 e. The van der Waals surface area contributed by atoms with Gasteiger partial charge in [-0.1, -0.05) is 49.4 Å². The first-order valence-electron chi connectivity index (χ1n) is 13.3. The predicted octanol–water partition coefficient (Wildman–Crippen LogP) is 4.02. The molecule has 2 aromatic rings. The maximum Gasteiger partial charge on any atom is 0.229 e. The number of piperidine rings is 1. The molecule has 0 radical (unpaired) electrons. The van der Waals surface area contributed by atoms with Crippen molar-refractivity contribution in [3.8, 4) is 6.07 Å². The Kier molecular flexibility index (Phi) is 7.11. The van der Waals surface area contributed by atoms with Crippen molar-refractivity contribution in [1.29, 1.82) is 5.26 Å². The summed E-state index contributed by atoms with van der Waals surface area (Å²) in [5, 5.41) is 9.02. The van der Waals surface area contributed by atoms with E-state index in [9.17, 15) is 9.59 Å². The van der Waals surface area contributed by atoms with Gasteiger partial charge in [-0.25, -0.2) is 0 Å². The number of nitrogens with zero attached hydrogens (tertiary/aromatic N) is 4. The van der Waals surface area contributed by atoms with E-state index in [-0.39, 0.29) is 11.3 Å². The van der Waals surface area contributed by atoms with Gasteiger partial charge in [0.1, 0.15) is 0 Å². The lowest BCUT2D eigenvalue weighted by molar-refractivity contribution is -0.139. The van der Waals surface area contributed by atoms with Gasteiger partial charge in [0.25, 0.3) is 0 Å². The minimum absolute atomic E-state index is 0.220. The Balaban J connectivity index is 1.19. The molecule has 2 amide bonds. The fourth-order valence-electron chi connectivity index (χ4n) is 6.47. The maximum absolute atomic E-state index is 13.5. The minimum atomic E-state index is -0.220. The third-order valence-corrected chi connectivity index (χ3v) is 8.69. The fourth-order valence-corrected chi connectivity index (χ4v) is 6.47. The smallest absolute Gasteiger partial charge is 0.229 e. The Hall–Kier alpha value is -3.17. The number of amides is 2. The molecular formula is C30H36N4O2. The van der Waals surface area contributed by atoms with Gasteiger partial charge in [0, 0.05) is 45.1 Å². The fraction of sp³-hybridized carbons (Fsp3) is 0.500. The molecule has 6 nitrogen and oxygen atoms in total. The molecule has 188 valence electrons. The van der Waals surface area contributed by atoms with E-state index in [4.69, 9.17) is 5.26 Å². The van der Waals surface area contributed by atoms with Crippen molar-refractivity contribution >= 4 is 11.8 Å². The lowest BCUT2D eigenvalue weighted by Gasteiger charge is -2.39. The summed E-state index contributed by atoms with van der Waals surface area (Å²) < 4.78 is 0. The van der Waals surface area contributed by atoms with Crippen LogP contribution in [0.15, 0.2) is 54.6 Å². The second-order valence-electron chi connectivity index (χ2n) is 10.8.